The first-order valence-electron chi connectivity index (χ1n) is 7.55. The molecule has 1 aromatic heterocycles. The third-order valence-electron chi connectivity index (χ3n) is 4.23. The number of ether oxygens (including phenoxy) is 1. The Morgan fingerprint density at radius 1 is 1.13 bits per heavy atom. The molecule has 0 amide bonds. The van der Waals surface area contributed by atoms with Crippen molar-refractivity contribution in [2.24, 2.45) is 4.99 Å². The highest BCUT2D eigenvalue weighted by Gasteiger charge is 2.27. The molecule has 120 valence electrons. The summed E-state index contributed by atoms with van der Waals surface area (Å²) in [4.78, 5) is 9.02. The molecule has 0 saturated heterocycles. The highest BCUT2D eigenvalue weighted by Crippen LogP contribution is 2.32. The van der Waals surface area contributed by atoms with E-state index in [1.807, 2.05) is 26.8 Å². The van der Waals surface area contributed by atoms with Crippen LogP contribution in [-0.2, 0) is 0 Å². The highest BCUT2D eigenvalue weighted by atomic mass is 19.2. The van der Waals surface area contributed by atoms with Gasteiger partial charge >= 0.3 is 0 Å². The number of nitrogens with zero attached hydrogens (tertiary/aromatic N) is 2. The van der Waals surface area contributed by atoms with Crippen molar-refractivity contribution in [2.75, 3.05) is 0 Å². The molecule has 0 bridgehead atoms. The van der Waals surface area contributed by atoms with Crippen LogP contribution < -0.4 is 4.74 Å². The fourth-order valence-corrected chi connectivity index (χ4v) is 2.50. The number of hydrogen-bond acceptors (Lipinski definition) is 3. The largest absolute Gasteiger partial charge is 0.485 e. The number of aromatic nitrogens is 1. The highest BCUT2D eigenvalue weighted by molar-refractivity contribution is 6.14. The first-order chi connectivity index (χ1) is 10.9. The second-order valence-corrected chi connectivity index (χ2v) is 5.91. The number of halogens is 2. The van der Waals surface area contributed by atoms with Crippen LogP contribution in [0.4, 0.5) is 8.78 Å². The minimum Gasteiger partial charge on any atom is -0.485 e. The lowest BCUT2D eigenvalue weighted by Crippen LogP contribution is -2.24. The molecular weight excluding hydrogens is 298 g/mol. The number of rotatable bonds is 1. The van der Waals surface area contributed by atoms with Gasteiger partial charge in [-0.3, -0.25) is 9.98 Å². The van der Waals surface area contributed by atoms with E-state index in [1.165, 1.54) is 6.07 Å². The van der Waals surface area contributed by atoms with Gasteiger partial charge in [0.05, 0.1) is 11.8 Å². The Hall–Kier alpha value is -2.30. The van der Waals surface area contributed by atoms with Gasteiger partial charge in [-0.15, -0.1) is 0 Å². The van der Waals surface area contributed by atoms with Crippen molar-refractivity contribution in [3.63, 3.8) is 0 Å². The molecule has 2 atom stereocenters. The summed E-state index contributed by atoms with van der Waals surface area (Å²) in [5, 5.41) is 0. The van der Waals surface area contributed by atoms with Gasteiger partial charge in [-0.1, -0.05) is 0 Å². The zero-order valence-corrected chi connectivity index (χ0v) is 13.5. The maximum absolute atomic E-state index is 14.2. The zero-order chi connectivity index (χ0) is 16.7. The second-order valence-electron chi connectivity index (χ2n) is 5.91. The Balaban J connectivity index is 2.24. The third kappa shape index (κ3) is 2.71. The van der Waals surface area contributed by atoms with Crippen molar-refractivity contribution < 1.29 is 13.5 Å². The van der Waals surface area contributed by atoms with Crippen LogP contribution in [0.15, 0.2) is 29.4 Å². The topological polar surface area (TPSA) is 34.5 Å². The maximum atomic E-state index is 14.2. The Morgan fingerprint density at radius 3 is 2.57 bits per heavy atom. The van der Waals surface area contributed by atoms with E-state index in [4.69, 9.17) is 4.74 Å². The van der Waals surface area contributed by atoms with Gasteiger partial charge in [0.1, 0.15) is 6.10 Å². The average molecular weight is 316 g/mol. The Bertz CT molecular complexity index is 802. The maximum Gasteiger partial charge on any atom is 0.201 e. The Kier molecular flexibility index (Phi) is 3.88. The molecule has 0 unspecified atom stereocenters. The van der Waals surface area contributed by atoms with Crippen molar-refractivity contribution in [1.82, 2.24) is 4.98 Å². The number of pyridine rings is 1. The normalized spacial score (nSPS) is 20.3. The van der Waals surface area contributed by atoms with Gasteiger partial charge < -0.3 is 4.74 Å². The molecule has 3 nitrogen and oxygen atoms in total. The minimum absolute atomic E-state index is 0.0844. The molecule has 0 radical (unpaired) electrons. The Labute approximate surface area is 134 Å². The van der Waals surface area contributed by atoms with Gasteiger partial charge in [-0.25, -0.2) is 4.39 Å². The summed E-state index contributed by atoms with van der Waals surface area (Å²) in [6, 6.07) is 4.37. The first-order valence-corrected chi connectivity index (χ1v) is 7.55. The van der Waals surface area contributed by atoms with Crippen molar-refractivity contribution in [3.8, 4) is 5.75 Å². The summed E-state index contributed by atoms with van der Waals surface area (Å²) in [5.74, 6) is -1.99. The molecule has 2 aromatic rings. The van der Waals surface area contributed by atoms with E-state index in [1.54, 1.807) is 13.1 Å². The molecule has 0 aliphatic carbocycles. The van der Waals surface area contributed by atoms with Crippen LogP contribution in [0.5, 0.6) is 5.75 Å². The zero-order valence-electron chi connectivity index (χ0n) is 13.5. The number of fused-ring (bicyclic) bond motifs is 1. The van der Waals surface area contributed by atoms with Crippen molar-refractivity contribution in [3.05, 3.63) is 58.4 Å². The standard InChI is InChI=1S/C18H18F2N2O/c1-9-7-13(8-21-10(9)2)17-14-5-6-15(19)16(20)18(14)23-12(4)11(3)22-17/h5-8,11-12H,1-4H3/t11-,12+/m0/s1. The van der Waals surface area contributed by atoms with Gasteiger partial charge in [0.15, 0.2) is 11.6 Å². The molecule has 1 aromatic carbocycles. The van der Waals surface area contributed by atoms with E-state index in [2.05, 4.69) is 9.98 Å². The molecule has 2 heterocycles. The van der Waals surface area contributed by atoms with Crippen LogP contribution in [-0.4, -0.2) is 22.8 Å². The fraction of sp³-hybridized carbons (Fsp3) is 0.333. The number of aliphatic imine (C=N–C) groups is 1. The SMILES string of the molecule is Cc1cc(C2=N[C@@H](C)[C@@H](C)Oc3c2ccc(F)c3F)cnc1C. The Morgan fingerprint density at radius 2 is 1.87 bits per heavy atom. The second kappa shape index (κ2) is 5.72. The summed E-state index contributed by atoms with van der Waals surface area (Å²) in [5.41, 5.74) is 3.73. The van der Waals surface area contributed by atoms with Crippen LogP contribution in [0.25, 0.3) is 0 Å². The van der Waals surface area contributed by atoms with E-state index >= 15 is 0 Å². The van der Waals surface area contributed by atoms with Crippen molar-refractivity contribution in [2.45, 2.75) is 39.8 Å². The molecule has 0 N–H and O–H groups in total. The predicted octanol–water partition coefficient (Wildman–Crippen LogP) is 3.98. The molecule has 1 aliphatic rings. The summed E-state index contributed by atoms with van der Waals surface area (Å²) < 4.78 is 33.5. The van der Waals surface area contributed by atoms with Crippen molar-refractivity contribution >= 4 is 5.71 Å². The van der Waals surface area contributed by atoms with Gasteiger partial charge in [-0.05, 0) is 51.5 Å². The van der Waals surface area contributed by atoms with E-state index in [9.17, 15) is 8.78 Å². The molecular formula is C18H18F2N2O. The van der Waals surface area contributed by atoms with E-state index < -0.39 is 11.6 Å². The fourth-order valence-electron chi connectivity index (χ4n) is 2.50. The lowest BCUT2D eigenvalue weighted by Gasteiger charge is -2.16. The monoisotopic (exact) mass is 316 g/mol. The number of benzene rings is 1. The molecule has 23 heavy (non-hydrogen) atoms. The molecule has 0 spiro atoms. The quantitative estimate of drug-likeness (QED) is 0.797. The summed E-state index contributed by atoms with van der Waals surface area (Å²) in [7, 11) is 0. The summed E-state index contributed by atoms with van der Waals surface area (Å²) in [6.07, 6.45) is 1.34. The van der Waals surface area contributed by atoms with E-state index in [-0.39, 0.29) is 17.9 Å². The van der Waals surface area contributed by atoms with E-state index in [0.29, 0.717) is 11.3 Å². The molecule has 1 aliphatic heterocycles. The average Bonchev–Trinajstić information content (AvgIpc) is 2.64. The van der Waals surface area contributed by atoms with Crippen LogP contribution in [0.2, 0.25) is 0 Å². The number of hydrogen-bond donors (Lipinski definition) is 0. The van der Waals surface area contributed by atoms with Gasteiger partial charge in [0, 0.05) is 23.0 Å². The van der Waals surface area contributed by atoms with Crippen LogP contribution in [0, 0.1) is 25.5 Å². The first kappa shape index (κ1) is 15.6. The third-order valence-corrected chi connectivity index (χ3v) is 4.23. The smallest absolute Gasteiger partial charge is 0.201 e. The van der Waals surface area contributed by atoms with E-state index in [0.717, 1.165) is 22.9 Å². The van der Waals surface area contributed by atoms with Crippen LogP contribution in [0.1, 0.15) is 36.2 Å². The predicted molar refractivity (Wildman–Crippen MR) is 85.3 cm³/mol. The minimum atomic E-state index is -0.979. The number of aryl methyl sites for hydroxylation is 2. The van der Waals surface area contributed by atoms with Gasteiger partial charge in [0.25, 0.3) is 0 Å². The van der Waals surface area contributed by atoms with Crippen molar-refractivity contribution in [1.29, 1.82) is 0 Å². The molecule has 3 rings (SSSR count). The summed E-state index contributed by atoms with van der Waals surface area (Å²) in [6.45, 7) is 7.56. The molecule has 0 fully saturated rings. The molecule has 5 heteroatoms. The lowest BCUT2D eigenvalue weighted by molar-refractivity contribution is 0.189. The van der Waals surface area contributed by atoms with Gasteiger partial charge in [0.2, 0.25) is 5.82 Å². The lowest BCUT2D eigenvalue weighted by atomic mass is 10.0. The summed E-state index contributed by atoms with van der Waals surface area (Å²) >= 11 is 0. The molecule has 0 saturated carbocycles. The van der Waals surface area contributed by atoms with Gasteiger partial charge in [-0.2, -0.15) is 4.39 Å². The van der Waals surface area contributed by atoms with Crippen LogP contribution in [0.3, 0.4) is 0 Å². The van der Waals surface area contributed by atoms with Crippen LogP contribution >= 0.6 is 0 Å².